The van der Waals surface area contributed by atoms with Gasteiger partial charge in [-0.25, -0.2) is 13.2 Å². The van der Waals surface area contributed by atoms with Crippen LogP contribution in [0.4, 0.5) is 24.7 Å². The monoisotopic (exact) mass is 264 g/mol. The molecule has 0 fully saturated rings. The first kappa shape index (κ1) is 11.6. The normalized spacial score (nSPS) is 10.9. The zero-order valence-corrected chi connectivity index (χ0v) is 9.45. The Morgan fingerprint density at radius 2 is 1.79 bits per heavy atom. The Balaban J connectivity index is 2.01. The van der Waals surface area contributed by atoms with E-state index in [9.17, 15) is 13.2 Å². The van der Waals surface area contributed by atoms with E-state index in [2.05, 4.69) is 10.5 Å². The quantitative estimate of drug-likeness (QED) is 0.760. The van der Waals surface area contributed by atoms with E-state index in [0.29, 0.717) is 11.1 Å². The van der Waals surface area contributed by atoms with Crippen LogP contribution in [0, 0.1) is 17.5 Å². The second kappa shape index (κ2) is 4.31. The van der Waals surface area contributed by atoms with E-state index in [1.807, 2.05) is 0 Å². The number of nitrogens with zero attached hydrogens (tertiary/aromatic N) is 1. The molecule has 1 N–H and O–H groups in total. The van der Waals surface area contributed by atoms with Crippen LogP contribution in [0.15, 0.2) is 40.9 Å². The Labute approximate surface area is 105 Å². The van der Waals surface area contributed by atoms with Crippen molar-refractivity contribution in [3.8, 4) is 0 Å². The summed E-state index contributed by atoms with van der Waals surface area (Å²) in [6.07, 6.45) is 0. The van der Waals surface area contributed by atoms with E-state index in [1.54, 1.807) is 6.07 Å². The Bertz CT molecular complexity index is 755. The van der Waals surface area contributed by atoms with Gasteiger partial charge in [0.1, 0.15) is 0 Å². The zero-order valence-electron chi connectivity index (χ0n) is 9.45. The van der Waals surface area contributed by atoms with Crippen LogP contribution in [-0.2, 0) is 0 Å². The van der Waals surface area contributed by atoms with Crippen molar-refractivity contribution in [2.24, 2.45) is 0 Å². The van der Waals surface area contributed by atoms with Crippen molar-refractivity contribution in [3.05, 3.63) is 53.8 Å². The molecule has 0 saturated heterocycles. The third-order valence-electron chi connectivity index (χ3n) is 2.63. The van der Waals surface area contributed by atoms with Gasteiger partial charge >= 0.3 is 0 Å². The first-order chi connectivity index (χ1) is 9.15. The predicted molar refractivity (Wildman–Crippen MR) is 63.6 cm³/mol. The van der Waals surface area contributed by atoms with Gasteiger partial charge < -0.3 is 9.84 Å². The van der Waals surface area contributed by atoms with Crippen molar-refractivity contribution >= 4 is 22.5 Å². The van der Waals surface area contributed by atoms with Gasteiger partial charge in [-0.2, -0.15) is 0 Å². The number of hydrogen-bond donors (Lipinski definition) is 1. The first-order valence-corrected chi connectivity index (χ1v) is 5.41. The fourth-order valence-electron chi connectivity index (χ4n) is 1.73. The number of fused-ring (bicyclic) bond motifs is 1. The minimum Gasteiger partial charge on any atom is -0.351 e. The van der Waals surface area contributed by atoms with Gasteiger partial charge in [0.2, 0.25) is 5.58 Å². The highest BCUT2D eigenvalue weighted by molar-refractivity contribution is 5.90. The van der Waals surface area contributed by atoms with E-state index in [0.717, 1.165) is 12.1 Å². The van der Waals surface area contributed by atoms with E-state index in [4.69, 9.17) is 4.52 Å². The maximum Gasteiger partial charge on any atom is 0.204 e. The summed E-state index contributed by atoms with van der Waals surface area (Å²) in [6.45, 7) is 0. The molecule has 6 heteroatoms. The highest BCUT2D eigenvalue weighted by atomic mass is 19.2. The molecular formula is C13H7F3N2O. The van der Waals surface area contributed by atoms with Crippen LogP contribution in [0.1, 0.15) is 0 Å². The third-order valence-corrected chi connectivity index (χ3v) is 2.63. The van der Waals surface area contributed by atoms with Crippen molar-refractivity contribution in [2.75, 3.05) is 5.32 Å². The molecule has 0 spiro atoms. The summed E-state index contributed by atoms with van der Waals surface area (Å²) in [5.74, 6) is -2.23. The van der Waals surface area contributed by atoms with Crippen LogP contribution < -0.4 is 5.32 Å². The van der Waals surface area contributed by atoms with Crippen LogP contribution in [0.25, 0.3) is 11.0 Å². The summed E-state index contributed by atoms with van der Waals surface area (Å²) in [4.78, 5) is 0. The highest BCUT2D eigenvalue weighted by Gasteiger charge is 2.12. The largest absolute Gasteiger partial charge is 0.351 e. The Hall–Kier alpha value is -2.50. The van der Waals surface area contributed by atoms with Gasteiger partial charge in [0, 0.05) is 11.8 Å². The molecule has 3 nitrogen and oxygen atoms in total. The minimum absolute atomic E-state index is 0.00702. The van der Waals surface area contributed by atoms with Gasteiger partial charge in [-0.05, 0) is 24.3 Å². The molecule has 0 aliphatic heterocycles. The molecule has 19 heavy (non-hydrogen) atoms. The van der Waals surface area contributed by atoms with Crippen LogP contribution >= 0.6 is 0 Å². The number of rotatable bonds is 2. The van der Waals surface area contributed by atoms with Crippen molar-refractivity contribution in [2.45, 2.75) is 0 Å². The lowest BCUT2D eigenvalue weighted by Gasteiger charge is -2.03. The second-order valence-corrected chi connectivity index (χ2v) is 3.90. The second-order valence-electron chi connectivity index (χ2n) is 3.90. The average Bonchev–Trinajstić information content (AvgIpc) is 2.79. The lowest BCUT2D eigenvalue weighted by molar-refractivity contribution is 0.443. The fraction of sp³-hybridized carbons (Fsp3) is 0. The van der Waals surface area contributed by atoms with Crippen molar-refractivity contribution in [3.63, 3.8) is 0 Å². The molecule has 3 aromatic rings. The standard InChI is InChI=1S/C13H7F3N2O/c14-9-5-4-7(6-11(9)16)17-13-8-2-1-3-10(15)12(8)19-18-13/h1-6H,(H,17,18). The topological polar surface area (TPSA) is 38.1 Å². The number of anilines is 2. The summed E-state index contributed by atoms with van der Waals surface area (Å²) in [5.41, 5.74) is 0.297. The molecule has 2 aromatic carbocycles. The number of benzene rings is 2. The molecule has 0 amide bonds. The van der Waals surface area contributed by atoms with Crippen LogP contribution in [0.2, 0.25) is 0 Å². The maximum atomic E-state index is 13.4. The van der Waals surface area contributed by atoms with E-state index in [1.165, 1.54) is 18.2 Å². The van der Waals surface area contributed by atoms with Gasteiger partial charge in [-0.15, -0.1) is 0 Å². The number of nitrogens with one attached hydrogen (secondary N) is 1. The summed E-state index contributed by atoms with van der Waals surface area (Å²) in [6, 6.07) is 7.67. The number of hydrogen-bond acceptors (Lipinski definition) is 3. The minimum atomic E-state index is -0.982. The molecule has 0 radical (unpaired) electrons. The van der Waals surface area contributed by atoms with Crippen molar-refractivity contribution in [1.82, 2.24) is 5.16 Å². The molecule has 0 atom stereocenters. The predicted octanol–water partition coefficient (Wildman–Crippen LogP) is 3.99. The van der Waals surface area contributed by atoms with Gasteiger partial charge in [0.15, 0.2) is 23.3 Å². The Morgan fingerprint density at radius 1 is 0.947 bits per heavy atom. The average molecular weight is 264 g/mol. The van der Waals surface area contributed by atoms with Gasteiger partial charge in [-0.1, -0.05) is 11.2 Å². The third kappa shape index (κ3) is 2.01. The number of para-hydroxylation sites is 1. The van der Waals surface area contributed by atoms with Gasteiger partial charge in [-0.3, -0.25) is 0 Å². The van der Waals surface area contributed by atoms with Crippen LogP contribution in [-0.4, -0.2) is 5.16 Å². The lowest BCUT2D eigenvalue weighted by Crippen LogP contribution is -1.93. The van der Waals surface area contributed by atoms with Crippen LogP contribution in [0.5, 0.6) is 0 Å². The van der Waals surface area contributed by atoms with Crippen molar-refractivity contribution < 1.29 is 17.7 Å². The highest BCUT2D eigenvalue weighted by Crippen LogP contribution is 2.27. The maximum absolute atomic E-state index is 13.4. The summed E-state index contributed by atoms with van der Waals surface area (Å²) in [7, 11) is 0. The molecule has 1 aromatic heterocycles. The molecular weight excluding hydrogens is 257 g/mol. The van der Waals surface area contributed by atoms with E-state index in [-0.39, 0.29) is 11.4 Å². The Morgan fingerprint density at radius 3 is 2.58 bits per heavy atom. The van der Waals surface area contributed by atoms with Crippen molar-refractivity contribution in [1.29, 1.82) is 0 Å². The molecule has 3 rings (SSSR count). The Kier molecular flexibility index (Phi) is 2.63. The molecule has 0 saturated carbocycles. The van der Waals surface area contributed by atoms with Gasteiger partial charge in [0.25, 0.3) is 0 Å². The molecule has 0 unspecified atom stereocenters. The fourth-order valence-corrected chi connectivity index (χ4v) is 1.73. The van der Waals surface area contributed by atoms with E-state index < -0.39 is 17.5 Å². The molecule has 0 aliphatic rings. The summed E-state index contributed by atoms with van der Waals surface area (Å²) in [5, 5.41) is 6.83. The molecule has 0 aliphatic carbocycles. The summed E-state index contributed by atoms with van der Waals surface area (Å²) >= 11 is 0. The summed E-state index contributed by atoms with van der Waals surface area (Å²) < 4.78 is 44.1. The van der Waals surface area contributed by atoms with Crippen LogP contribution in [0.3, 0.4) is 0 Å². The smallest absolute Gasteiger partial charge is 0.204 e. The zero-order chi connectivity index (χ0) is 13.4. The SMILES string of the molecule is Fc1ccc(Nc2noc3c(F)cccc23)cc1F. The lowest BCUT2D eigenvalue weighted by atomic mass is 10.2. The molecule has 0 bridgehead atoms. The first-order valence-electron chi connectivity index (χ1n) is 5.41. The van der Waals surface area contributed by atoms with E-state index >= 15 is 0 Å². The molecule has 96 valence electrons. The number of aromatic nitrogens is 1. The number of halogens is 3. The van der Waals surface area contributed by atoms with Gasteiger partial charge in [0.05, 0.1) is 5.39 Å². The molecule has 1 heterocycles.